The van der Waals surface area contributed by atoms with Crippen molar-refractivity contribution in [1.29, 1.82) is 0 Å². The highest BCUT2D eigenvalue weighted by Crippen LogP contribution is 2.44. The Balaban J connectivity index is 1.74. The second-order valence-corrected chi connectivity index (χ2v) is 9.31. The van der Waals surface area contributed by atoms with Gasteiger partial charge in [-0.25, -0.2) is 0 Å². The summed E-state index contributed by atoms with van der Waals surface area (Å²) < 4.78 is 6.76. The molecule has 0 bridgehead atoms. The maximum Gasteiger partial charge on any atom is 0.306 e. The van der Waals surface area contributed by atoms with Crippen molar-refractivity contribution < 1.29 is 19.1 Å². The minimum Gasteiger partial charge on any atom is -0.460 e. The van der Waals surface area contributed by atoms with Gasteiger partial charge in [-0.1, -0.05) is 30.3 Å². The number of rotatable bonds is 8. The summed E-state index contributed by atoms with van der Waals surface area (Å²) in [5.74, 6) is -0.694. The smallest absolute Gasteiger partial charge is 0.306 e. The number of carbonyl (C=O) groups excluding carboxylic acids is 3. The maximum atomic E-state index is 13.0. The number of amides is 1. The number of nitrogens with one attached hydrogen (secondary N) is 1. The van der Waals surface area contributed by atoms with E-state index in [0.29, 0.717) is 12.0 Å². The van der Waals surface area contributed by atoms with Gasteiger partial charge >= 0.3 is 5.97 Å². The summed E-state index contributed by atoms with van der Waals surface area (Å²) in [5.41, 5.74) is 0.179. The maximum absolute atomic E-state index is 13.0. The number of hydrogen-bond acceptors (Lipinski definition) is 5. The largest absolute Gasteiger partial charge is 0.460 e. The van der Waals surface area contributed by atoms with Crippen molar-refractivity contribution in [2.75, 3.05) is 7.05 Å². The van der Waals surface area contributed by atoms with Crippen LogP contribution in [0.1, 0.15) is 66.3 Å². The van der Waals surface area contributed by atoms with Gasteiger partial charge in [0.25, 0.3) is 11.5 Å². The second-order valence-electron chi connectivity index (χ2n) is 9.31. The molecule has 1 aliphatic rings. The molecule has 2 aromatic rings. The molecule has 0 aliphatic heterocycles. The SMILES string of the molecule is CNC(=O)c1cc(C(=O)C[C@H]2C[C@@H]2CC(=O)OC(C)(C)C)cn(Cc2ccccc2)c1=O. The monoisotopic (exact) mass is 438 g/mol. The van der Waals surface area contributed by atoms with Crippen LogP contribution in [-0.4, -0.2) is 34.9 Å². The van der Waals surface area contributed by atoms with Crippen LogP contribution in [0, 0.1) is 11.8 Å². The first kappa shape index (κ1) is 23.4. The molecule has 1 aromatic heterocycles. The molecule has 3 rings (SSSR count). The molecule has 0 unspecified atom stereocenters. The Hall–Kier alpha value is -3.22. The van der Waals surface area contributed by atoms with Gasteiger partial charge in [-0.2, -0.15) is 0 Å². The number of pyridine rings is 1. The van der Waals surface area contributed by atoms with Crippen molar-refractivity contribution in [3.63, 3.8) is 0 Å². The highest BCUT2D eigenvalue weighted by molar-refractivity contribution is 6.00. The van der Waals surface area contributed by atoms with Gasteiger partial charge < -0.3 is 14.6 Å². The van der Waals surface area contributed by atoms with Crippen molar-refractivity contribution in [3.8, 4) is 0 Å². The lowest BCUT2D eigenvalue weighted by Gasteiger charge is -2.19. The van der Waals surface area contributed by atoms with Gasteiger partial charge in [-0.3, -0.25) is 19.2 Å². The van der Waals surface area contributed by atoms with Crippen molar-refractivity contribution in [2.24, 2.45) is 11.8 Å². The standard InChI is InChI=1S/C25H30N2O5/c1-25(2,3)32-22(29)13-18-10-17(18)12-21(28)19-11-20(23(30)26-4)24(31)27(15-19)14-16-8-6-5-7-9-16/h5-9,11,15,17-18H,10,12-14H2,1-4H3,(H,26,30)/t17-,18-/m1/s1. The first-order valence-electron chi connectivity index (χ1n) is 10.8. The Labute approximate surface area is 187 Å². The molecule has 1 saturated carbocycles. The molecule has 1 aromatic carbocycles. The van der Waals surface area contributed by atoms with E-state index < -0.39 is 17.1 Å². The average Bonchev–Trinajstić information content (AvgIpc) is 3.44. The molecule has 0 saturated heterocycles. The van der Waals surface area contributed by atoms with E-state index in [0.717, 1.165) is 12.0 Å². The van der Waals surface area contributed by atoms with Crippen molar-refractivity contribution in [1.82, 2.24) is 9.88 Å². The van der Waals surface area contributed by atoms with E-state index in [1.54, 1.807) is 0 Å². The first-order valence-corrected chi connectivity index (χ1v) is 10.8. The van der Waals surface area contributed by atoms with E-state index >= 15 is 0 Å². The number of aromatic nitrogens is 1. The summed E-state index contributed by atoms with van der Waals surface area (Å²) in [5, 5.41) is 2.46. The van der Waals surface area contributed by atoms with Crippen LogP contribution >= 0.6 is 0 Å². The summed E-state index contributed by atoms with van der Waals surface area (Å²) in [6.07, 6.45) is 2.88. The zero-order valence-corrected chi connectivity index (χ0v) is 19.0. The third-order valence-electron chi connectivity index (χ3n) is 5.44. The highest BCUT2D eigenvalue weighted by atomic mass is 16.6. The fourth-order valence-corrected chi connectivity index (χ4v) is 3.75. The summed E-state index contributed by atoms with van der Waals surface area (Å²) in [7, 11) is 1.45. The third-order valence-corrected chi connectivity index (χ3v) is 5.44. The van der Waals surface area contributed by atoms with Crippen LogP contribution in [0.4, 0.5) is 0 Å². The molecule has 7 heteroatoms. The molecule has 1 heterocycles. The lowest BCUT2D eigenvalue weighted by atomic mass is 10.0. The summed E-state index contributed by atoms with van der Waals surface area (Å²) in [4.78, 5) is 50.1. The van der Waals surface area contributed by atoms with Crippen LogP contribution in [0.2, 0.25) is 0 Å². The van der Waals surface area contributed by atoms with Crippen LogP contribution < -0.4 is 10.9 Å². The minimum atomic E-state index is -0.528. The molecule has 2 atom stereocenters. The van der Waals surface area contributed by atoms with Crippen LogP contribution in [-0.2, 0) is 16.1 Å². The van der Waals surface area contributed by atoms with E-state index in [1.165, 1.54) is 23.9 Å². The van der Waals surface area contributed by atoms with Gasteiger partial charge in [0.1, 0.15) is 11.2 Å². The average molecular weight is 439 g/mol. The lowest BCUT2D eigenvalue weighted by molar-refractivity contribution is -0.155. The second kappa shape index (κ2) is 9.51. The topological polar surface area (TPSA) is 94.5 Å². The predicted octanol–water partition coefficient (Wildman–Crippen LogP) is 3.20. The predicted molar refractivity (Wildman–Crippen MR) is 121 cm³/mol. The van der Waals surface area contributed by atoms with Crippen LogP contribution in [0.25, 0.3) is 0 Å². The molecule has 7 nitrogen and oxygen atoms in total. The third kappa shape index (κ3) is 6.15. The van der Waals surface area contributed by atoms with E-state index in [9.17, 15) is 19.2 Å². The number of hydrogen-bond donors (Lipinski definition) is 1. The molecule has 1 amide bonds. The Morgan fingerprint density at radius 2 is 1.75 bits per heavy atom. The molecule has 1 N–H and O–H groups in total. The Morgan fingerprint density at radius 3 is 2.38 bits per heavy atom. The Kier molecular flexibility index (Phi) is 6.96. The summed E-state index contributed by atoms with van der Waals surface area (Å²) in [6, 6.07) is 10.7. The minimum absolute atomic E-state index is 0.0598. The van der Waals surface area contributed by atoms with Crippen molar-refractivity contribution in [2.45, 2.75) is 52.2 Å². The van der Waals surface area contributed by atoms with Gasteiger partial charge in [-0.15, -0.1) is 0 Å². The highest BCUT2D eigenvalue weighted by Gasteiger charge is 2.40. The lowest BCUT2D eigenvalue weighted by Crippen LogP contribution is -2.32. The van der Waals surface area contributed by atoms with Crippen LogP contribution in [0.5, 0.6) is 0 Å². The Bertz CT molecular complexity index is 1070. The molecule has 0 spiro atoms. The number of ketones is 1. The van der Waals surface area contributed by atoms with E-state index in [4.69, 9.17) is 4.74 Å². The van der Waals surface area contributed by atoms with Gasteiger partial charge in [0, 0.05) is 31.6 Å². The quantitative estimate of drug-likeness (QED) is 0.505. The number of carbonyl (C=O) groups is 3. The van der Waals surface area contributed by atoms with Crippen molar-refractivity contribution >= 4 is 17.7 Å². The van der Waals surface area contributed by atoms with Gasteiger partial charge in [0.2, 0.25) is 0 Å². The van der Waals surface area contributed by atoms with Crippen LogP contribution in [0.3, 0.4) is 0 Å². The fourth-order valence-electron chi connectivity index (χ4n) is 3.75. The summed E-state index contributed by atoms with van der Waals surface area (Å²) in [6.45, 7) is 5.74. The number of Topliss-reactive ketones (excluding diaryl/α,β-unsaturated/α-hetero) is 1. The number of ether oxygens (including phenoxy) is 1. The first-order chi connectivity index (χ1) is 15.1. The van der Waals surface area contributed by atoms with Gasteiger partial charge in [0.05, 0.1) is 6.54 Å². The zero-order valence-electron chi connectivity index (χ0n) is 19.0. The molecular weight excluding hydrogens is 408 g/mol. The van der Waals surface area contributed by atoms with Crippen molar-refractivity contribution in [3.05, 3.63) is 69.6 Å². The molecule has 170 valence electrons. The normalized spacial score (nSPS) is 17.5. The van der Waals surface area contributed by atoms with Crippen LogP contribution in [0.15, 0.2) is 47.4 Å². The Morgan fingerprint density at radius 1 is 1.09 bits per heavy atom. The number of esters is 1. The summed E-state index contributed by atoms with van der Waals surface area (Å²) >= 11 is 0. The molecule has 1 fully saturated rings. The van der Waals surface area contributed by atoms with E-state index in [1.807, 2.05) is 51.1 Å². The van der Waals surface area contributed by atoms with Gasteiger partial charge in [0.15, 0.2) is 5.78 Å². The fraction of sp³-hybridized carbons (Fsp3) is 0.440. The number of nitrogens with zero attached hydrogens (tertiary/aromatic N) is 1. The van der Waals surface area contributed by atoms with Gasteiger partial charge in [-0.05, 0) is 50.7 Å². The zero-order chi connectivity index (χ0) is 23.5. The molecular formula is C25H30N2O5. The molecule has 1 aliphatic carbocycles. The van der Waals surface area contributed by atoms with E-state index in [-0.39, 0.29) is 42.1 Å². The number of benzene rings is 1. The van der Waals surface area contributed by atoms with E-state index in [2.05, 4.69) is 5.32 Å². The molecule has 32 heavy (non-hydrogen) atoms. The molecule has 0 radical (unpaired) electrons.